The van der Waals surface area contributed by atoms with Crippen LogP contribution in [0.5, 0.6) is 0 Å². The normalized spacial score (nSPS) is 12.9. The van der Waals surface area contributed by atoms with Gasteiger partial charge in [0, 0.05) is 12.8 Å². The zero-order valence-corrected chi connectivity index (χ0v) is 52.9. The summed E-state index contributed by atoms with van der Waals surface area (Å²) in [5, 5.41) is 23.2. The first kappa shape index (κ1) is 76.6. The molecule has 1 amide bonds. The lowest BCUT2D eigenvalue weighted by Gasteiger charge is -2.20. The average molecular weight is 1110 g/mol. The molecule has 0 rings (SSSR count). The summed E-state index contributed by atoms with van der Waals surface area (Å²) in [4.78, 5) is 24.6. The van der Waals surface area contributed by atoms with Crippen molar-refractivity contribution in [2.45, 2.75) is 379 Å². The van der Waals surface area contributed by atoms with Crippen LogP contribution in [0.25, 0.3) is 0 Å². The van der Waals surface area contributed by atoms with Gasteiger partial charge in [0.15, 0.2) is 0 Å². The van der Waals surface area contributed by atoms with Crippen molar-refractivity contribution in [2.75, 3.05) is 13.2 Å². The number of rotatable bonds is 65. The SMILES string of the molecule is CCCCC/C=C\C/C=C\CCCCCCCC(=O)OCCCCCCCCCCC/C=C\C/C=C\CCCCCCCCCCCCCCCC(=O)NC(CO)C(O)/C=C/CCCCCCCCCCCCCCCCCC. The molecule has 6 nitrogen and oxygen atoms in total. The Balaban J connectivity index is 3.44. The molecule has 79 heavy (non-hydrogen) atoms. The first-order valence-electron chi connectivity index (χ1n) is 35.1. The Morgan fingerprint density at radius 2 is 0.633 bits per heavy atom. The van der Waals surface area contributed by atoms with Crippen molar-refractivity contribution in [3.8, 4) is 0 Å². The topological polar surface area (TPSA) is 95.9 Å². The fourth-order valence-electron chi connectivity index (χ4n) is 10.6. The number of hydrogen-bond acceptors (Lipinski definition) is 5. The Morgan fingerprint density at radius 1 is 0.354 bits per heavy atom. The number of carbonyl (C=O) groups excluding carboxylic acids is 2. The molecule has 0 aromatic rings. The van der Waals surface area contributed by atoms with Gasteiger partial charge in [-0.25, -0.2) is 0 Å². The molecule has 0 spiro atoms. The number of allylic oxidation sites excluding steroid dienone is 9. The summed E-state index contributed by atoms with van der Waals surface area (Å²) in [7, 11) is 0. The minimum Gasteiger partial charge on any atom is -0.466 e. The van der Waals surface area contributed by atoms with Crippen LogP contribution in [0.4, 0.5) is 0 Å². The molecule has 3 N–H and O–H groups in total. The average Bonchev–Trinajstić information content (AvgIpc) is 3.45. The monoisotopic (exact) mass is 1110 g/mol. The molecule has 0 saturated carbocycles. The fourth-order valence-corrected chi connectivity index (χ4v) is 10.6. The van der Waals surface area contributed by atoms with Crippen LogP contribution in [-0.4, -0.2) is 47.4 Å². The van der Waals surface area contributed by atoms with Gasteiger partial charge in [0.1, 0.15) is 0 Å². The predicted molar refractivity (Wildman–Crippen MR) is 347 cm³/mol. The molecular formula is C73H135NO5. The lowest BCUT2D eigenvalue weighted by molar-refractivity contribution is -0.143. The number of aliphatic hydroxyl groups is 2. The van der Waals surface area contributed by atoms with E-state index in [-0.39, 0.29) is 18.5 Å². The molecule has 0 aromatic carbocycles. The third kappa shape index (κ3) is 64.6. The Hall–Kier alpha value is -2.44. The van der Waals surface area contributed by atoms with Crippen molar-refractivity contribution < 1.29 is 24.5 Å². The second-order valence-electron chi connectivity index (χ2n) is 23.9. The lowest BCUT2D eigenvalue weighted by atomic mass is 10.0. The van der Waals surface area contributed by atoms with Crippen molar-refractivity contribution >= 4 is 11.9 Å². The third-order valence-corrected chi connectivity index (χ3v) is 16.0. The van der Waals surface area contributed by atoms with Crippen molar-refractivity contribution in [1.82, 2.24) is 5.32 Å². The molecule has 0 heterocycles. The molecule has 0 fully saturated rings. The number of esters is 1. The van der Waals surface area contributed by atoms with Gasteiger partial charge in [-0.1, -0.05) is 319 Å². The number of hydrogen-bond donors (Lipinski definition) is 3. The van der Waals surface area contributed by atoms with E-state index in [9.17, 15) is 19.8 Å². The van der Waals surface area contributed by atoms with Crippen molar-refractivity contribution in [3.05, 3.63) is 60.8 Å². The summed E-state index contributed by atoms with van der Waals surface area (Å²) in [6.07, 6.45) is 90.1. The van der Waals surface area contributed by atoms with Gasteiger partial charge in [0.25, 0.3) is 0 Å². The summed E-state index contributed by atoms with van der Waals surface area (Å²) in [5.74, 6) is -0.0696. The maximum absolute atomic E-state index is 12.5. The van der Waals surface area contributed by atoms with Crippen molar-refractivity contribution in [2.24, 2.45) is 0 Å². The van der Waals surface area contributed by atoms with Gasteiger partial charge in [-0.15, -0.1) is 0 Å². The molecule has 0 aromatic heterocycles. The number of aliphatic hydroxyl groups excluding tert-OH is 2. The molecule has 0 aliphatic heterocycles. The van der Waals surface area contributed by atoms with Gasteiger partial charge < -0.3 is 20.3 Å². The van der Waals surface area contributed by atoms with Gasteiger partial charge >= 0.3 is 5.97 Å². The standard InChI is InChI=1S/C73H135NO5/c1-3-5-7-9-11-13-15-17-19-20-34-38-41-45-49-53-57-61-65-71(76)70(69-75)74-72(77)66-62-58-54-50-46-42-39-35-32-30-28-26-24-22-21-23-25-27-29-31-33-36-40-44-48-52-56-60-64-68-79-73(78)67-63-59-55-51-47-43-37-18-16-14-12-10-8-6-4-2/h12,14,18,21,23,27,29,37,61,65,70-71,75-76H,3-11,13,15-17,19-20,22,24-26,28,30-36,38-60,62-64,66-69H2,1-2H3,(H,74,77)/b14-12-,23-21-,29-27-,37-18-,65-61+. The molecule has 0 bridgehead atoms. The highest BCUT2D eigenvalue weighted by atomic mass is 16.5. The first-order valence-corrected chi connectivity index (χ1v) is 35.1. The summed E-state index contributed by atoms with van der Waals surface area (Å²) in [6, 6.07) is -0.630. The fraction of sp³-hybridized carbons (Fsp3) is 0.836. The Labute approximate surface area is 492 Å². The summed E-state index contributed by atoms with van der Waals surface area (Å²) < 4.78 is 5.48. The van der Waals surface area contributed by atoms with E-state index >= 15 is 0 Å². The maximum Gasteiger partial charge on any atom is 0.305 e. The van der Waals surface area contributed by atoms with E-state index < -0.39 is 12.1 Å². The second-order valence-corrected chi connectivity index (χ2v) is 23.9. The minimum atomic E-state index is -0.847. The summed E-state index contributed by atoms with van der Waals surface area (Å²) in [6.45, 7) is 4.89. The van der Waals surface area contributed by atoms with Crippen LogP contribution in [0, 0.1) is 0 Å². The molecule has 0 aliphatic carbocycles. The minimum absolute atomic E-state index is 0.00256. The Kier molecular flexibility index (Phi) is 66.0. The van der Waals surface area contributed by atoms with Gasteiger partial charge in [0.2, 0.25) is 5.91 Å². The molecule has 0 radical (unpaired) electrons. The van der Waals surface area contributed by atoms with Crippen LogP contribution >= 0.6 is 0 Å². The highest BCUT2D eigenvalue weighted by Crippen LogP contribution is 2.18. The zero-order chi connectivity index (χ0) is 57.1. The molecule has 0 saturated heterocycles. The molecule has 6 heteroatoms. The van der Waals surface area contributed by atoms with Crippen LogP contribution in [0.2, 0.25) is 0 Å². The highest BCUT2D eigenvalue weighted by Gasteiger charge is 2.18. The van der Waals surface area contributed by atoms with E-state index in [0.29, 0.717) is 19.4 Å². The van der Waals surface area contributed by atoms with Crippen LogP contribution in [-0.2, 0) is 14.3 Å². The summed E-state index contributed by atoms with van der Waals surface area (Å²) in [5.41, 5.74) is 0. The van der Waals surface area contributed by atoms with E-state index in [0.717, 1.165) is 57.8 Å². The van der Waals surface area contributed by atoms with Crippen LogP contribution in [0.15, 0.2) is 60.8 Å². The summed E-state index contributed by atoms with van der Waals surface area (Å²) >= 11 is 0. The van der Waals surface area contributed by atoms with E-state index in [1.165, 1.54) is 283 Å². The van der Waals surface area contributed by atoms with E-state index in [1.807, 2.05) is 6.08 Å². The van der Waals surface area contributed by atoms with Gasteiger partial charge in [0.05, 0.1) is 25.4 Å². The van der Waals surface area contributed by atoms with E-state index in [1.54, 1.807) is 6.08 Å². The molecule has 0 aliphatic rings. The number of unbranched alkanes of at least 4 members (excludes halogenated alkanes) is 46. The third-order valence-electron chi connectivity index (χ3n) is 16.0. The molecular weight excluding hydrogens is 971 g/mol. The van der Waals surface area contributed by atoms with E-state index in [2.05, 4.69) is 67.8 Å². The Morgan fingerprint density at radius 3 is 0.987 bits per heavy atom. The van der Waals surface area contributed by atoms with Gasteiger partial charge in [-0.05, 0) is 96.3 Å². The number of amides is 1. The van der Waals surface area contributed by atoms with Crippen molar-refractivity contribution in [1.29, 1.82) is 0 Å². The Bertz CT molecular complexity index is 1370. The van der Waals surface area contributed by atoms with Crippen molar-refractivity contribution in [3.63, 3.8) is 0 Å². The molecule has 2 unspecified atom stereocenters. The molecule has 2 atom stereocenters. The maximum atomic E-state index is 12.5. The van der Waals surface area contributed by atoms with Crippen LogP contribution in [0.1, 0.15) is 367 Å². The molecule has 462 valence electrons. The second kappa shape index (κ2) is 68.1. The quantitative estimate of drug-likeness (QED) is 0.0320. The number of nitrogens with one attached hydrogen (secondary N) is 1. The number of carbonyl (C=O) groups is 2. The van der Waals surface area contributed by atoms with Gasteiger partial charge in [-0.2, -0.15) is 0 Å². The van der Waals surface area contributed by atoms with Gasteiger partial charge in [-0.3, -0.25) is 9.59 Å². The largest absolute Gasteiger partial charge is 0.466 e. The zero-order valence-electron chi connectivity index (χ0n) is 52.9. The smallest absolute Gasteiger partial charge is 0.305 e. The number of ether oxygens (including phenoxy) is 1. The first-order chi connectivity index (χ1) is 39.0. The van der Waals surface area contributed by atoms with Crippen LogP contribution in [0.3, 0.4) is 0 Å². The lowest BCUT2D eigenvalue weighted by Crippen LogP contribution is -2.45. The predicted octanol–water partition coefficient (Wildman–Crippen LogP) is 22.6. The van der Waals surface area contributed by atoms with Crippen LogP contribution < -0.4 is 5.32 Å². The van der Waals surface area contributed by atoms with E-state index in [4.69, 9.17) is 4.74 Å². The highest BCUT2D eigenvalue weighted by molar-refractivity contribution is 5.76.